The summed E-state index contributed by atoms with van der Waals surface area (Å²) in [6.07, 6.45) is 2.02. The van der Waals surface area contributed by atoms with Crippen LogP contribution in [-0.2, 0) is 17.6 Å². The van der Waals surface area contributed by atoms with Crippen LogP contribution in [0.2, 0.25) is 0 Å². The highest BCUT2D eigenvalue weighted by Crippen LogP contribution is 2.13. The van der Waals surface area contributed by atoms with Gasteiger partial charge in [-0.15, -0.1) is 0 Å². The van der Waals surface area contributed by atoms with Crippen molar-refractivity contribution >= 4 is 5.78 Å². The molecule has 0 fully saturated rings. The molecule has 0 atom stereocenters. The van der Waals surface area contributed by atoms with Crippen LogP contribution in [0.25, 0.3) is 0 Å². The lowest BCUT2D eigenvalue weighted by molar-refractivity contribution is -0.118. The molecule has 0 N–H and O–H groups in total. The summed E-state index contributed by atoms with van der Waals surface area (Å²) in [7, 11) is 0. The maximum absolute atomic E-state index is 12.0. The summed E-state index contributed by atoms with van der Waals surface area (Å²) in [5, 5.41) is 0. The predicted molar refractivity (Wildman–Crippen MR) is 79.4 cm³/mol. The molecule has 0 amide bonds. The molecule has 0 aliphatic rings. The van der Waals surface area contributed by atoms with E-state index in [0.717, 1.165) is 12.0 Å². The Kier molecular flexibility index (Phi) is 4.51. The molecular weight excluding hydrogens is 232 g/mol. The summed E-state index contributed by atoms with van der Waals surface area (Å²) >= 11 is 0. The van der Waals surface area contributed by atoms with E-state index >= 15 is 0 Å². The Hall–Kier alpha value is -1.89. The van der Waals surface area contributed by atoms with Gasteiger partial charge in [-0.2, -0.15) is 0 Å². The van der Waals surface area contributed by atoms with Gasteiger partial charge >= 0.3 is 0 Å². The summed E-state index contributed by atoms with van der Waals surface area (Å²) in [4.78, 5) is 12.0. The zero-order chi connectivity index (χ0) is 13.7. The van der Waals surface area contributed by atoms with E-state index in [1.807, 2.05) is 18.2 Å². The van der Waals surface area contributed by atoms with Gasteiger partial charge in [-0.25, -0.2) is 0 Å². The van der Waals surface area contributed by atoms with Crippen LogP contribution in [0.4, 0.5) is 0 Å². The summed E-state index contributed by atoms with van der Waals surface area (Å²) in [5.74, 6) is 0.317. The normalized spacial score (nSPS) is 10.4. The fraction of sp³-hybridized carbons (Fsp3) is 0.278. The molecule has 98 valence electrons. The maximum atomic E-state index is 12.0. The standard InChI is InChI=1S/C18H20O/c1-14-8-9-15(2)17(12-14)13-18(19)11-10-16-6-4-3-5-7-16/h3-9,12H,10-11,13H2,1-2H3. The topological polar surface area (TPSA) is 17.1 Å². The first-order valence-electron chi connectivity index (χ1n) is 6.77. The first kappa shape index (κ1) is 13.5. The average Bonchev–Trinajstić information content (AvgIpc) is 2.42. The third kappa shape index (κ3) is 4.06. The minimum Gasteiger partial charge on any atom is -0.299 e. The van der Waals surface area contributed by atoms with Gasteiger partial charge in [-0.1, -0.05) is 54.1 Å². The van der Waals surface area contributed by atoms with E-state index < -0.39 is 0 Å². The number of hydrogen-bond donors (Lipinski definition) is 0. The van der Waals surface area contributed by atoms with Gasteiger partial charge in [0.25, 0.3) is 0 Å². The van der Waals surface area contributed by atoms with Crippen LogP contribution in [-0.4, -0.2) is 5.78 Å². The number of ketones is 1. The van der Waals surface area contributed by atoms with E-state index in [0.29, 0.717) is 18.6 Å². The molecule has 0 spiro atoms. The van der Waals surface area contributed by atoms with Gasteiger partial charge < -0.3 is 0 Å². The van der Waals surface area contributed by atoms with Crippen LogP contribution < -0.4 is 0 Å². The molecule has 1 heteroatoms. The Morgan fingerprint density at radius 2 is 1.74 bits per heavy atom. The van der Waals surface area contributed by atoms with Crippen molar-refractivity contribution in [2.45, 2.75) is 33.1 Å². The van der Waals surface area contributed by atoms with Gasteiger partial charge in [0.1, 0.15) is 5.78 Å². The number of carbonyl (C=O) groups excluding carboxylic acids is 1. The molecule has 2 aromatic rings. The molecule has 0 radical (unpaired) electrons. The van der Waals surface area contributed by atoms with E-state index in [4.69, 9.17) is 0 Å². The van der Waals surface area contributed by atoms with Gasteiger partial charge in [-0.05, 0) is 37.0 Å². The number of hydrogen-bond acceptors (Lipinski definition) is 1. The second-order valence-electron chi connectivity index (χ2n) is 5.13. The highest BCUT2D eigenvalue weighted by Gasteiger charge is 2.07. The Morgan fingerprint density at radius 1 is 1.00 bits per heavy atom. The second-order valence-corrected chi connectivity index (χ2v) is 5.13. The van der Waals surface area contributed by atoms with Crippen molar-refractivity contribution in [1.82, 2.24) is 0 Å². The molecule has 0 aromatic heterocycles. The highest BCUT2D eigenvalue weighted by molar-refractivity contribution is 5.81. The molecule has 2 rings (SSSR count). The zero-order valence-electron chi connectivity index (χ0n) is 11.6. The minimum atomic E-state index is 0.317. The van der Waals surface area contributed by atoms with Crippen LogP contribution >= 0.6 is 0 Å². The summed E-state index contributed by atoms with van der Waals surface area (Å²) in [6, 6.07) is 16.5. The molecule has 0 saturated carbocycles. The number of Topliss-reactive ketones (excluding diaryl/α,β-unsaturated/α-hetero) is 1. The summed E-state index contributed by atoms with van der Waals surface area (Å²) in [6.45, 7) is 4.14. The number of benzene rings is 2. The quantitative estimate of drug-likeness (QED) is 0.784. The lowest BCUT2D eigenvalue weighted by atomic mass is 9.98. The lowest BCUT2D eigenvalue weighted by Gasteiger charge is -2.06. The molecule has 2 aromatic carbocycles. The van der Waals surface area contributed by atoms with E-state index in [9.17, 15) is 4.79 Å². The summed E-state index contributed by atoms with van der Waals surface area (Å²) in [5.41, 5.74) is 4.82. The monoisotopic (exact) mass is 252 g/mol. The molecule has 1 nitrogen and oxygen atoms in total. The van der Waals surface area contributed by atoms with E-state index in [-0.39, 0.29) is 0 Å². The first-order chi connectivity index (χ1) is 9.15. The van der Waals surface area contributed by atoms with Gasteiger partial charge in [0.05, 0.1) is 0 Å². The van der Waals surface area contributed by atoms with Crippen molar-refractivity contribution in [2.75, 3.05) is 0 Å². The molecular formula is C18H20O. The van der Waals surface area contributed by atoms with Crippen molar-refractivity contribution in [1.29, 1.82) is 0 Å². The van der Waals surface area contributed by atoms with Crippen molar-refractivity contribution in [3.05, 3.63) is 70.8 Å². The van der Waals surface area contributed by atoms with Crippen molar-refractivity contribution in [3.63, 3.8) is 0 Å². The van der Waals surface area contributed by atoms with Crippen molar-refractivity contribution in [3.8, 4) is 0 Å². The SMILES string of the molecule is Cc1ccc(C)c(CC(=O)CCc2ccccc2)c1. The third-order valence-electron chi connectivity index (χ3n) is 3.43. The summed E-state index contributed by atoms with van der Waals surface area (Å²) < 4.78 is 0. The molecule has 19 heavy (non-hydrogen) atoms. The van der Waals surface area contributed by atoms with Crippen LogP contribution in [0.5, 0.6) is 0 Å². The van der Waals surface area contributed by atoms with Crippen LogP contribution in [0.15, 0.2) is 48.5 Å². The Labute approximate surface area is 115 Å². The third-order valence-corrected chi connectivity index (χ3v) is 3.43. The highest BCUT2D eigenvalue weighted by atomic mass is 16.1. The Balaban J connectivity index is 1.93. The van der Waals surface area contributed by atoms with E-state index in [1.54, 1.807) is 0 Å². The molecule has 0 saturated heterocycles. The van der Waals surface area contributed by atoms with Crippen molar-refractivity contribution in [2.24, 2.45) is 0 Å². The molecule has 0 aliphatic heterocycles. The fourth-order valence-electron chi connectivity index (χ4n) is 2.22. The van der Waals surface area contributed by atoms with Gasteiger partial charge in [-0.3, -0.25) is 4.79 Å². The lowest BCUT2D eigenvalue weighted by Crippen LogP contribution is -2.05. The molecule has 0 bridgehead atoms. The van der Waals surface area contributed by atoms with Crippen LogP contribution in [0, 0.1) is 13.8 Å². The molecule has 0 unspecified atom stereocenters. The Bertz CT molecular complexity index is 555. The number of carbonyl (C=O) groups is 1. The molecule has 0 aliphatic carbocycles. The van der Waals surface area contributed by atoms with E-state index in [1.165, 1.54) is 16.7 Å². The zero-order valence-corrected chi connectivity index (χ0v) is 11.6. The maximum Gasteiger partial charge on any atom is 0.137 e. The average molecular weight is 252 g/mol. The first-order valence-corrected chi connectivity index (χ1v) is 6.77. The number of aryl methyl sites for hydroxylation is 3. The largest absolute Gasteiger partial charge is 0.299 e. The van der Waals surface area contributed by atoms with Crippen LogP contribution in [0.1, 0.15) is 28.7 Å². The van der Waals surface area contributed by atoms with Crippen LogP contribution in [0.3, 0.4) is 0 Å². The predicted octanol–water partition coefficient (Wildman–Crippen LogP) is 4.05. The Morgan fingerprint density at radius 3 is 2.47 bits per heavy atom. The fourth-order valence-corrected chi connectivity index (χ4v) is 2.22. The van der Waals surface area contributed by atoms with Gasteiger partial charge in [0.15, 0.2) is 0 Å². The minimum absolute atomic E-state index is 0.317. The smallest absolute Gasteiger partial charge is 0.137 e. The molecule has 0 heterocycles. The second kappa shape index (κ2) is 6.33. The van der Waals surface area contributed by atoms with Gasteiger partial charge in [0, 0.05) is 12.8 Å². The van der Waals surface area contributed by atoms with Gasteiger partial charge in [0.2, 0.25) is 0 Å². The number of rotatable bonds is 5. The van der Waals surface area contributed by atoms with Crippen molar-refractivity contribution < 1.29 is 4.79 Å². The van der Waals surface area contributed by atoms with E-state index in [2.05, 4.69) is 44.2 Å².